The predicted molar refractivity (Wildman–Crippen MR) is 104 cm³/mol. The van der Waals surface area contributed by atoms with Crippen LogP contribution in [0.25, 0.3) is 0 Å². The summed E-state index contributed by atoms with van der Waals surface area (Å²) in [4.78, 5) is 46.6. The van der Waals surface area contributed by atoms with Crippen molar-refractivity contribution in [3.63, 3.8) is 0 Å². The van der Waals surface area contributed by atoms with Crippen LogP contribution in [0.2, 0.25) is 0 Å². The molecule has 9 heteroatoms. The highest BCUT2D eigenvalue weighted by molar-refractivity contribution is 5.95. The first-order valence-corrected chi connectivity index (χ1v) is 9.43. The molecule has 0 aromatic carbocycles. The molecule has 2 unspecified atom stereocenters. The van der Waals surface area contributed by atoms with Crippen LogP contribution < -0.4 is 27.8 Å². The number of unbranched alkanes of at least 4 members (excludes halogenated alkanes) is 1. The summed E-state index contributed by atoms with van der Waals surface area (Å²) in [5.41, 5.74) is 16.0. The van der Waals surface area contributed by atoms with Crippen LogP contribution in [0.3, 0.4) is 0 Å². The van der Waals surface area contributed by atoms with Gasteiger partial charge in [-0.2, -0.15) is 0 Å². The SMILES string of the molecule is CC(C)(N)C(=O)C(CCCNC(=O)C(N)CCCCN)NC(=O)CCC=O. The highest BCUT2D eigenvalue weighted by atomic mass is 16.2. The Morgan fingerprint density at radius 2 is 1.78 bits per heavy atom. The molecule has 156 valence electrons. The molecule has 2 amide bonds. The van der Waals surface area contributed by atoms with Gasteiger partial charge in [0.15, 0.2) is 5.78 Å². The third-order valence-corrected chi connectivity index (χ3v) is 4.05. The zero-order chi connectivity index (χ0) is 20.9. The van der Waals surface area contributed by atoms with Gasteiger partial charge in [0.1, 0.15) is 6.29 Å². The molecule has 0 aliphatic rings. The molecular weight excluding hydrogens is 350 g/mol. The minimum Gasteiger partial charge on any atom is -0.355 e. The number of Topliss-reactive ketones (excluding diaryl/α,β-unsaturated/α-hetero) is 1. The largest absolute Gasteiger partial charge is 0.355 e. The van der Waals surface area contributed by atoms with Gasteiger partial charge in [0.2, 0.25) is 11.8 Å². The second-order valence-corrected chi connectivity index (χ2v) is 7.24. The maximum atomic E-state index is 12.4. The Hall–Kier alpha value is -1.84. The Kier molecular flexibility index (Phi) is 12.4. The number of hydrogen-bond donors (Lipinski definition) is 5. The number of rotatable bonds is 15. The van der Waals surface area contributed by atoms with Crippen molar-refractivity contribution in [2.75, 3.05) is 13.1 Å². The number of carbonyl (C=O) groups is 4. The number of nitrogens with two attached hydrogens (primary N) is 3. The van der Waals surface area contributed by atoms with Crippen LogP contribution in [0.1, 0.15) is 58.8 Å². The Morgan fingerprint density at radius 3 is 2.33 bits per heavy atom. The number of hydrogen-bond acceptors (Lipinski definition) is 7. The first kappa shape index (κ1) is 25.2. The normalized spacial score (nSPS) is 13.5. The second-order valence-electron chi connectivity index (χ2n) is 7.24. The molecule has 0 bridgehead atoms. The number of nitrogens with one attached hydrogen (secondary N) is 2. The van der Waals surface area contributed by atoms with Crippen LogP contribution in [-0.2, 0) is 19.2 Å². The van der Waals surface area contributed by atoms with E-state index >= 15 is 0 Å². The van der Waals surface area contributed by atoms with E-state index in [-0.39, 0.29) is 30.4 Å². The summed E-state index contributed by atoms with van der Waals surface area (Å²) < 4.78 is 0. The molecule has 2 atom stereocenters. The average Bonchev–Trinajstić information content (AvgIpc) is 2.60. The van der Waals surface area contributed by atoms with Crippen molar-refractivity contribution in [3.05, 3.63) is 0 Å². The Morgan fingerprint density at radius 1 is 1.11 bits per heavy atom. The molecule has 0 spiro atoms. The lowest BCUT2D eigenvalue weighted by Crippen LogP contribution is -2.53. The number of amides is 2. The molecular formula is C18H35N5O4. The number of carbonyl (C=O) groups excluding carboxylic acids is 4. The van der Waals surface area contributed by atoms with Crippen LogP contribution in [0, 0.1) is 0 Å². The van der Waals surface area contributed by atoms with E-state index < -0.39 is 17.6 Å². The van der Waals surface area contributed by atoms with E-state index in [9.17, 15) is 19.2 Å². The smallest absolute Gasteiger partial charge is 0.236 e. The van der Waals surface area contributed by atoms with Crippen molar-refractivity contribution in [1.29, 1.82) is 0 Å². The highest BCUT2D eigenvalue weighted by Gasteiger charge is 2.30. The lowest BCUT2D eigenvalue weighted by Gasteiger charge is -2.25. The lowest BCUT2D eigenvalue weighted by atomic mass is 9.92. The maximum absolute atomic E-state index is 12.4. The molecule has 9 nitrogen and oxygen atoms in total. The Bertz CT molecular complexity index is 491. The van der Waals surface area contributed by atoms with Gasteiger partial charge in [-0.25, -0.2) is 0 Å². The minimum absolute atomic E-state index is 0.0205. The molecule has 8 N–H and O–H groups in total. The molecule has 0 radical (unpaired) electrons. The van der Waals surface area contributed by atoms with Gasteiger partial charge >= 0.3 is 0 Å². The van der Waals surface area contributed by atoms with Gasteiger partial charge in [-0.15, -0.1) is 0 Å². The molecule has 0 aliphatic carbocycles. The zero-order valence-electron chi connectivity index (χ0n) is 16.5. The monoisotopic (exact) mass is 385 g/mol. The first-order chi connectivity index (χ1) is 12.6. The van der Waals surface area contributed by atoms with E-state index in [0.29, 0.717) is 38.6 Å². The van der Waals surface area contributed by atoms with E-state index in [4.69, 9.17) is 17.2 Å². The maximum Gasteiger partial charge on any atom is 0.236 e. The van der Waals surface area contributed by atoms with Crippen molar-refractivity contribution in [3.8, 4) is 0 Å². The van der Waals surface area contributed by atoms with E-state index in [2.05, 4.69) is 10.6 Å². The van der Waals surface area contributed by atoms with Crippen LogP contribution in [0.4, 0.5) is 0 Å². The summed E-state index contributed by atoms with van der Waals surface area (Å²) in [5.74, 6) is -0.925. The third-order valence-electron chi connectivity index (χ3n) is 4.05. The summed E-state index contributed by atoms with van der Waals surface area (Å²) in [6.45, 7) is 4.05. The van der Waals surface area contributed by atoms with Gasteiger partial charge in [-0.05, 0) is 46.1 Å². The number of aldehydes is 1. The van der Waals surface area contributed by atoms with E-state index in [1.54, 1.807) is 13.8 Å². The van der Waals surface area contributed by atoms with Crippen LogP contribution in [-0.4, -0.2) is 54.6 Å². The fourth-order valence-electron chi connectivity index (χ4n) is 2.46. The van der Waals surface area contributed by atoms with Gasteiger partial charge in [0.05, 0.1) is 17.6 Å². The van der Waals surface area contributed by atoms with Crippen molar-refractivity contribution >= 4 is 23.9 Å². The third kappa shape index (κ3) is 11.5. The van der Waals surface area contributed by atoms with Gasteiger partial charge in [0.25, 0.3) is 0 Å². The van der Waals surface area contributed by atoms with Crippen LogP contribution in [0.5, 0.6) is 0 Å². The molecule has 0 aliphatic heterocycles. The summed E-state index contributed by atoms with van der Waals surface area (Å²) in [5, 5.41) is 5.36. The minimum atomic E-state index is -1.10. The van der Waals surface area contributed by atoms with Crippen molar-refractivity contribution in [1.82, 2.24) is 10.6 Å². The van der Waals surface area contributed by atoms with Gasteiger partial charge in [-0.1, -0.05) is 6.42 Å². The standard InChI is InChI=1S/C18H35N5O4/c1-18(2,21)16(26)14(23-15(25)9-6-12-24)8-5-11-22-17(27)13(20)7-3-4-10-19/h12-14H,3-11,19-21H2,1-2H3,(H,22,27)(H,23,25). The van der Waals surface area contributed by atoms with E-state index in [0.717, 1.165) is 12.8 Å². The molecule has 0 saturated carbocycles. The zero-order valence-corrected chi connectivity index (χ0v) is 16.5. The fourth-order valence-corrected chi connectivity index (χ4v) is 2.46. The topological polar surface area (TPSA) is 170 Å². The van der Waals surface area contributed by atoms with E-state index in [1.165, 1.54) is 0 Å². The predicted octanol–water partition coefficient (Wildman–Crippen LogP) is -0.891. The molecule has 0 fully saturated rings. The Labute approximate surface area is 161 Å². The second kappa shape index (κ2) is 13.3. The molecule has 0 saturated heterocycles. The summed E-state index contributed by atoms with van der Waals surface area (Å²) in [6, 6.07) is -1.35. The molecule has 27 heavy (non-hydrogen) atoms. The summed E-state index contributed by atoms with van der Waals surface area (Å²) in [7, 11) is 0. The van der Waals surface area contributed by atoms with Gasteiger partial charge in [0, 0.05) is 19.4 Å². The first-order valence-electron chi connectivity index (χ1n) is 9.43. The fraction of sp³-hybridized carbons (Fsp3) is 0.778. The van der Waals surface area contributed by atoms with Crippen LogP contribution in [0.15, 0.2) is 0 Å². The molecule has 0 aromatic heterocycles. The Balaban J connectivity index is 4.46. The number of ketones is 1. The van der Waals surface area contributed by atoms with Gasteiger partial charge < -0.3 is 32.6 Å². The molecule has 0 aromatic rings. The molecule has 0 rings (SSSR count). The van der Waals surface area contributed by atoms with Crippen molar-refractivity contribution in [2.24, 2.45) is 17.2 Å². The summed E-state index contributed by atoms with van der Waals surface area (Å²) >= 11 is 0. The van der Waals surface area contributed by atoms with Crippen LogP contribution >= 0.6 is 0 Å². The van der Waals surface area contributed by atoms with Crippen molar-refractivity contribution in [2.45, 2.75) is 76.4 Å². The van der Waals surface area contributed by atoms with Crippen molar-refractivity contribution < 1.29 is 19.2 Å². The average molecular weight is 386 g/mol. The lowest BCUT2D eigenvalue weighted by molar-refractivity contribution is -0.130. The summed E-state index contributed by atoms with van der Waals surface area (Å²) in [6.07, 6.45) is 3.75. The van der Waals surface area contributed by atoms with E-state index in [1.807, 2.05) is 0 Å². The van der Waals surface area contributed by atoms with Gasteiger partial charge in [-0.3, -0.25) is 14.4 Å². The highest BCUT2D eigenvalue weighted by Crippen LogP contribution is 2.09. The molecule has 0 heterocycles. The quantitative estimate of drug-likeness (QED) is 0.180.